The predicted molar refractivity (Wildman–Crippen MR) is 78.5 cm³/mol. The number of hydrogen-bond donors (Lipinski definition) is 1. The van der Waals surface area contributed by atoms with Crippen molar-refractivity contribution in [2.24, 2.45) is 5.92 Å². The van der Waals surface area contributed by atoms with E-state index in [1.54, 1.807) is 6.92 Å². The highest BCUT2D eigenvalue weighted by Crippen LogP contribution is 2.29. The van der Waals surface area contributed by atoms with Crippen molar-refractivity contribution in [3.63, 3.8) is 0 Å². The third kappa shape index (κ3) is 2.78. The fraction of sp³-hybridized carbons (Fsp3) is 0.353. The summed E-state index contributed by atoms with van der Waals surface area (Å²) in [5, 5.41) is 11.5. The molecule has 0 aliphatic heterocycles. The van der Waals surface area contributed by atoms with Crippen molar-refractivity contribution >= 4 is 16.7 Å². The average Bonchev–Trinajstić information content (AvgIpc) is 2.37. The molecule has 0 saturated carbocycles. The van der Waals surface area contributed by atoms with Crippen LogP contribution in [-0.4, -0.2) is 11.1 Å². The first-order valence-electron chi connectivity index (χ1n) is 6.74. The Morgan fingerprint density at radius 3 is 2.32 bits per heavy atom. The van der Waals surface area contributed by atoms with Gasteiger partial charge in [-0.15, -0.1) is 0 Å². The quantitative estimate of drug-likeness (QED) is 0.889. The summed E-state index contributed by atoms with van der Waals surface area (Å²) in [6, 6.07) is 12.1. The van der Waals surface area contributed by atoms with Crippen molar-refractivity contribution in [3.8, 4) is 0 Å². The second kappa shape index (κ2) is 5.43. The predicted octanol–water partition coefficient (Wildman–Crippen LogP) is 4.23. The van der Waals surface area contributed by atoms with Crippen molar-refractivity contribution in [1.29, 1.82) is 0 Å². The SMILES string of the molecule is CC(C)Cc1cccc2c(C(C)C(=O)O)cccc12. The highest BCUT2D eigenvalue weighted by atomic mass is 16.4. The summed E-state index contributed by atoms with van der Waals surface area (Å²) < 4.78 is 0. The zero-order chi connectivity index (χ0) is 14.0. The molecule has 0 aliphatic carbocycles. The Hall–Kier alpha value is -1.83. The summed E-state index contributed by atoms with van der Waals surface area (Å²) in [4.78, 5) is 11.2. The first-order chi connectivity index (χ1) is 9.00. The smallest absolute Gasteiger partial charge is 0.310 e. The molecule has 1 atom stereocenters. The Morgan fingerprint density at radius 2 is 1.68 bits per heavy atom. The molecule has 2 rings (SSSR count). The van der Waals surface area contributed by atoms with Crippen LogP contribution < -0.4 is 0 Å². The molecule has 0 amide bonds. The summed E-state index contributed by atoms with van der Waals surface area (Å²) in [6.07, 6.45) is 1.02. The fourth-order valence-electron chi connectivity index (χ4n) is 2.53. The number of rotatable bonds is 4. The minimum atomic E-state index is -0.776. The van der Waals surface area contributed by atoms with E-state index in [4.69, 9.17) is 0 Å². The van der Waals surface area contributed by atoms with Crippen molar-refractivity contribution in [2.75, 3.05) is 0 Å². The maximum Gasteiger partial charge on any atom is 0.310 e. The van der Waals surface area contributed by atoms with E-state index in [-0.39, 0.29) is 0 Å². The Labute approximate surface area is 114 Å². The third-order valence-corrected chi connectivity index (χ3v) is 3.51. The van der Waals surface area contributed by atoms with E-state index < -0.39 is 11.9 Å². The molecular weight excluding hydrogens is 236 g/mol. The maximum atomic E-state index is 11.2. The minimum Gasteiger partial charge on any atom is -0.481 e. The number of carbonyl (C=O) groups is 1. The minimum absolute atomic E-state index is 0.474. The van der Waals surface area contributed by atoms with Crippen molar-refractivity contribution < 1.29 is 9.90 Å². The lowest BCUT2D eigenvalue weighted by Gasteiger charge is -2.14. The van der Waals surface area contributed by atoms with Crippen LogP contribution in [0.3, 0.4) is 0 Å². The summed E-state index contributed by atoms with van der Waals surface area (Å²) in [7, 11) is 0. The molecule has 2 aromatic carbocycles. The number of aliphatic carboxylic acids is 1. The third-order valence-electron chi connectivity index (χ3n) is 3.51. The van der Waals surface area contributed by atoms with Crippen molar-refractivity contribution in [3.05, 3.63) is 47.5 Å². The lowest BCUT2D eigenvalue weighted by molar-refractivity contribution is -0.138. The van der Waals surface area contributed by atoms with Gasteiger partial charge in [-0.1, -0.05) is 50.2 Å². The summed E-state index contributed by atoms with van der Waals surface area (Å²) >= 11 is 0. The van der Waals surface area contributed by atoms with E-state index in [1.807, 2.05) is 24.3 Å². The van der Waals surface area contributed by atoms with Gasteiger partial charge in [-0.3, -0.25) is 4.79 Å². The van der Waals surface area contributed by atoms with E-state index in [1.165, 1.54) is 10.9 Å². The van der Waals surface area contributed by atoms with Gasteiger partial charge in [-0.2, -0.15) is 0 Å². The Balaban J connectivity index is 2.60. The zero-order valence-corrected chi connectivity index (χ0v) is 11.7. The highest BCUT2D eigenvalue weighted by Gasteiger charge is 2.16. The lowest BCUT2D eigenvalue weighted by atomic mass is 9.90. The van der Waals surface area contributed by atoms with Gasteiger partial charge in [0.05, 0.1) is 5.92 Å². The van der Waals surface area contributed by atoms with Gasteiger partial charge < -0.3 is 5.11 Å². The standard InChI is InChI=1S/C17H20O2/c1-11(2)10-13-6-4-9-16-14(12(3)17(18)19)7-5-8-15(13)16/h4-9,11-12H,10H2,1-3H3,(H,18,19). The molecule has 0 spiro atoms. The van der Waals surface area contributed by atoms with Crippen LogP contribution in [0.1, 0.15) is 37.8 Å². The van der Waals surface area contributed by atoms with Crippen LogP contribution in [0.25, 0.3) is 10.8 Å². The first-order valence-corrected chi connectivity index (χ1v) is 6.74. The van der Waals surface area contributed by atoms with Crippen LogP contribution in [0.2, 0.25) is 0 Å². The van der Waals surface area contributed by atoms with Gasteiger partial charge in [-0.05, 0) is 41.2 Å². The van der Waals surface area contributed by atoms with Gasteiger partial charge in [0, 0.05) is 0 Å². The number of benzene rings is 2. The molecule has 0 bridgehead atoms. The van der Waals surface area contributed by atoms with Crippen LogP contribution in [0.15, 0.2) is 36.4 Å². The monoisotopic (exact) mass is 256 g/mol. The van der Waals surface area contributed by atoms with Gasteiger partial charge in [0.1, 0.15) is 0 Å². The molecule has 1 N–H and O–H groups in total. The van der Waals surface area contributed by atoms with E-state index >= 15 is 0 Å². The van der Waals surface area contributed by atoms with Gasteiger partial charge in [0.25, 0.3) is 0 Å². The Bertz CT molecular complexity index is 599. The molecule has 0 radical (unpaired) electrons. The molecule has 2 nitrogen and oxygen atoms in total. The van der Waals surface area contributed by atoms with Gasteiger partial charge >= 0.3 is 5.97 Å². The van der Waals surface area contributed by atoms with Crippen LogP contribution >= 0.6 is 0 Å². The number of carboxylic acids is 1. The lowest BCUT2D eigenvalue weighted by Crippen LogP contribution is -2.08. The molecule has 0 aliphatic rings. The van der Waals surface area contributed by atoms with Crippen LogP contribution in [-0.2, 0) is 11.2 Å². The summed E-state index contributed by atoms with van der Waals surface area (Å²) in [6.45, 7) is 6.14. The molecule has 1 unspecified atom stereocenters. The average molecular weight is 256 g/mol. The van der Waals surface area contributed by atoms with Crippen LogP contribution in [0, 0.1) is 5.92 Å². The first kappa shape index (κ1) is 13.6. The molecule has 2 heteroatoms. The molecule has 0 aromatic heterocycles. The highest BCUT2D eigenvalue weighted by molar-refractivity contribution is 5.92. The molecule has 0 heterocycles. The summed E-state index contributed by atoms with van der Waals surface area (Å²) in [5.41, 5.74) is 2.20. The molecular formula is C17H20O2. The van der Waals surface area contributed by atoms with Gasteiger partial charge in [0.2, 0.25) is 0 Å². The van der Waals surface area contributed by atoms with Crippen molar-refractivity contribution in [1.82, 2.24) is 0 Å². The van der Waals surface area contributed by atoms with E-state index in [9.17, 15) is 9.90 Å². The van der Waals surface area contributed by atoms with Crippen LogP contribution in [0.4, 0.5) is 0 Å². The number of fused-ring (bicyclic) bond motifs is 1. The summed E-state index contributed by atoms with van der Waals surface area (Å²) in [5.74, 6) is -0.661. The Morgan fingerprint density at radius 1 is 1.05 bits per heavy atom. The second-order valence-electron chi connectivity index (χ2n) is 5.52. The normalized spacial score (nSPS) is 12.8. The topological polar surface area (TPSA) is 37.3 Å². The number of carboxylic acid groups (broad SMARTS) is 1. The fourth-order valence-corrected chi connectivity index (χ4v) is 2.53. The molecule has 0 saturated heterocycles. The van der Waals surface area contributed by atoms with Gasteiger partial charge in [-0.25, -0.2) is 0 Å². The second-order valence-corrected chi connectivity index (χ2v) is 5.52. The number of hydrogen-bond acceptors (Lipinski definition) is 1. The maximum absolute atomic E-state index is 11.2. The molecule has 19 heavy (non-hydrogen) atoms. The van der Waals surface area contributed by atoms with Crippen LogP contribution in [0.5, 0.6) is 0 Å². The molecule has 0 fully saturated rings. The van der Waals surface area contributed by atoms with E-state index in [0.29, 0.717) is 5.92 Å². The van der Waals surface area contributed by atoms with E-state index in [0.717, 1.165) is 17.4 Å². The molecule has 2 aromatic rings. The molecule has 100 valence electrons. The van der Waals surface area contributed by atoms with E-state index in [2.05, 4.69) is 26.0 Å². The largest absolute Gasteiger partial charge is 0.481 e. The zero-order valence-electron chi connectivity index (χ0n) is 11.7. The van der Waals surface area contributed by atoms with Gasteiger partial charge in [0.15, 0.2) is 0 Å². The Kier molecular flexibility index (Phi) is 3.89. The van der Waals surface area contributed by atoms with Crippen molar-refractivity contribution in [2.45, 2.75) is 33.1 Å².